The van der Waals surface area contributed by atoms with Gasteiger partial charge in [0, 0.05) is 23.6 Å². The topological polar surface area (TPSA) is 37.9 Å². The third kappa shape index (κ3) is 2.29. The molecule has 4 heteroatoms. The average Bonchev–Trinajstić information content (AvgIpc) is 2.40. The predicted molar refractivity (Wildman–Crippen MR) is 68.6 cm³/mol. The molecule has 0 amide bonds. The van der Waals surface area contributed by atoms with E-state index >= 15 is 0 Å². The lowest BCUT2D eigenvalue weighted by Crippen LogP contribution is -2.17. The van der Waals surface area contributed by atoms with Gasteiger partial charge in [0.05, 0.1) is 13.2 Å². The van der Waals surface area contributed by atoms with Crippen molar-refractivity contribution >= 4 is 12.2 Å². The summed E-state index contributed by atoms with van der Waals surface area (Å²) in [7, 11) is 0. The number of H-pyrrole nitrogens is 1. The molecule has 1 aromatic rings. The highest BCUT2D eigenvalue weighted by molar-refractivity contribution is 7.71. The summed E-state index contributed by atoms with van der Waals surface area (Å²) in [5.74, 6) is 1.72. The first-order chi connectivity index (χ1) is 8.34. The van der Waals surface area contributed by atoms with E-state index in [4.69, 9.17) is 17.0 Å². The lowest BCUT2D eigenvalue weighted by atomic mass is 9.88. The fraction of sp³-hybridized carbons (Fsp3) is 0.692. The molecule has 17 heavy (non-hydrogen) atoms. The summed E-state index contributed by atoms with van der Waals surface area (Å²) in [6.07, 6.45) is 7.48. The molecule has 2 aliphatic rings. The molecule has 1 fully saturated rings. The van der Waals surface area contributed by atoms with Gasteiger partial charge in [0.25, 0.3) is 0 Å². The second-order valence-corrected chi connectivity index (χ2v) is 5.41. The van der Waals surface area contributed by atoms with Crippen LogP contribution in [0.3, 0.4) is 0 Å². The molecule has 0 radical (unpaired) electrons. The number of fused-ring (bicyclic) bond motifs is 1. The zero-order chi connectivity index (χ0) is 11.7. The van der Waals surface area contributed by atoms with Gasteiger partial charge in [-0.3, -0.25) is 0 Å². The van der Waals surface area contributed by atoms with Gasteiger partial charge in [0.1, 0.15) is 10.5 Å². The molecule has 0 atom stereocenters. The summed E-state index contributed by atoms with van der Waals surface area (Å²) in [4.78, 5) is 8.11. The number of nitrogens with zero attached hydrogens (tertiary/aromatic N) is 1. The van der Waals surface area contributed by atoms with Crippen molar-refractivity contribution in [1.29, 1.82) is 0 Å². The highest BCUT2D eigenvalue weighted by Crippen LogP contribution is 2.31. The van der Waals surface area contributed by atoms with E-state index in [1.807, 2.05) is 0 Å². The summed E-state index contributed by atoms with van der Waals surface area (Å²) in [5.41, 5.74) is 2.36. The quantitative estimate of drug-likeness (QED) is 0.777. The fourth-order valence-electron chi connectivity index (χ4n) is 2.84. The Morgan fingerprint density at radius 3 is 2.88 bits per heavy atom. The van der Waals surface area contributed by atoms with E-state index in [-0.39, 0.29) is 0 Å². The van der Waals surface area contributed by atoms with Crippen LogP contribution in [0, 0.1) is 4.64 Å². The van der Waals surface area contributed by atoms with E-state index in [1.54, 1.807) is 0 Å². The van der Waals surface area contributed by atoms with Crippen molar-refractivity contribution in [2.75, 3.05) is 6.61 Å². The van der Waals surface area contributed by atoms with Gasteiger partial charge in [0.15, 0.2) is 0 Å². The summed E-state index contributed by atoms with van der Waals surface area (Å²) in [5, 5.41) is 0. The lowest BCUT2D eigenvalue weighted by Gasteiger charge is -2.23. The van der Waals surface area contributed by atoms with Crippen LogP contribution >= 0.6 is 12.2 Å². The maximum absolute atomic E-state index is 5.44. The molecule has 1 N–H and O–H groups in total. The standard InChI is InChI=1S/C13H18N2OS/c17-13-10-8-16-7-6-11(10)14-12(15-13)9-4-2-1-3-5-9/h9H,1-8H2,(H,14,15,17). The fourth-order valence-corrected chi connectivity index (χ4v) is 3.12. The average molecular weight is 250 g/mol. The van der Waals surface area contributed by atoms with Crippen LogP contribution in [0.2, 0.25) is 0 Å². The number of aromatic amines is 1. The molecule has 1 aromatic heterocycles. The molecule has 0 spiro atoms. The Bertz CT molecular complexity index is 463. The molecule has 0 unspecified atom stereocenters. The highest BCUT2D eigenvalue weighted by Gasteiger charge is 2.20. The minimum Gasteiger partial charge on any atom is -0.376 e. The van der Waals surface area contributed by atoms with E-state index < -0.39 is 0 Å². The van der Waals surface area contributed by atoms with E-state index in [0.29, 0.717) is 12.5 Å². The van der Waals surface area contributed by atoms with Gasteiger partial charge < -0.3 is 9.72 Å². The molecule has 3 rings (SSSR count). The minimum absolute atomic E-state index is 0.596. The Labute approximate surface area is 107 Å². The Morgan fingerprint density at radius 1 is 1.24 bits per heavy atom. The Kier molecular flexibility index (Phi) is 3.25. The van der Waals surface area contributed by atoms with Gasteiger partial charge in [-0.2, -0.15) is 0 Å². The zero-order valence-electron chi connectivity index (χ0n) is 10.00. The molecule has 0 aromatic carbocycles. The molecule has 0 saturated heterocycles. The third-order valence-corrected chi connectivity index (χ3v) is 4.20. The molecular formula is C13H18N2OS. The predicted octanol–water partition coefficient (Wildman–Crippen LogP) is 3.26. The molecule has 92 valence electrons. The van der Waals surface area contributed by atoms with Crippen LogP contribution in [0.25, 0.3) is 0 Å². The van der Waals surface area contributed by atoms with E-state index in [0.717, 1.165) is 29.1 Å². The van der Waals surface area contributed by atoms with Crippen molar-refractivity contribution in [3.8, 4) is 0 Å². The smallest absolute Gasteiger partial charge is 0.135 e. The maximum atomic E-state index is 5.44. The van der Waals surface area contributed by atoms with Gasteiger partial charge in [-0.15, -0.1) is 0 Å². The maximum Gasteiger partial charge on any atom is 0.135 e. The van der Waals surface area contributed by atoms with Crippen molar-refractivity contribution < 1.29 is 4.74 Å². The third-order valence-electron chi connectivity index (χ3n) is 3.86. The number of nitrogens with one attached hydrogen (secondary N) is 1. The SMILES string of the molecule is S=c1nc(C2CCCCC2)[nH]c2c1COCC2. The zero-order valence-corrected chi connectivity index (χ0v) is 10.8. The minimum atomic E-state index is 0.596. The molecule has 2 heterocycles. The van der Waals surface area contributed by atoms with E-state index in [1.165, 1.54) is 37.8 Å². The van der Waals surface area contributed by atoms with Crippen molar-refractivity contribution in [2.24, 2.45) is 0 Å². The van der Waals surface area contributed by atoms with Crippen LogP contribution in [-0.4, -0.2) is 16.6 Å². The van der Waals surface area contributed by atoms with Gasteiger partial charge in [-0.05, 0) is 12.8 Å². The normalized spacial score (nSPS) is 21.2. The van der Waals surface area contributed by atoms with E-state index in [2.05, 4.69) is 9.97 Å². The van der Waals surface area contributed by atoms with Gasteiger partial charge in [-0.1, -0.05) is 31.5 Å². The summed E-state index contributed by atoms with van der Waals surface area (Å²) in [6.45, 7) is 1.43. The van der Waals surface area contributed by atoms with Crippen LogP contribution in [0.15, 0.2) is 0 Å². The summed E-state index contributed by atoms with van der Waals surface area (Å²) >= 11 is 5.38. The number of hydrogen-bond acceptors (Lipinski definition) is 3. The number of rotatable bonds is 1. The molecule has 1 aliphatic heterocycles. The first kappa shape index (κ1) is 11.4. The number of hydrogen-bond donors (Lipinski definition) is 1. The monoisotopic (exact) mass is 250 g/mol. The first-order valence-corrected chi connectivity index (χ1v) is 6.95. The number of ether oxygens (including phenoxy) is 1. The van der Waals surface area contributed by atoms with Crippen molar-refractivity contribution in [3.05, 3.63) is 21.7 Å². The van der Waals surface area contributed by atoms with Gasteiger partial charge >= 0.3 is 0 Å². The largest absolute Gasteiger partial charge is 0.376 e. The molecule has 0 bridgehead atoms. The second-order valence-electron chi connectivity index (χ2n) is 5.02. The summed E-state index contributed by atoms with van der Waals surface area (Å²) < 4.78 is 6.18. The van der Waals surface area contributed by atoms with Crippen LogP contribution in [-0.2, 0) is 17.8 Å². The van der Waals surface area contributed by atoms with Gasteiger partial charge in [0.2, 0.25) is 0 Å². The van der Waals surface area contributed by atoms with Crippen LogP contribution in [0.4, 0.5) is 0 Å². The van der Waals surface area contributed by atoms with Crippen molar-refractivity contribution in [2.45, 2.75) is 51.0 Å². The van der Waals surface area contributed by atoms with Crippen LogP contribution in [0.5, 0.6) is 0 Å². The Balaban J connectivity index is 1.95. The molecular weight excluding hydrogens is 232 g/mol. The van der Waals surface area contributed by atoms with E-state index in [9.17, 15) is 0 Å². The Hall–Kier alpha value is -0.740. The molecule has 1 saturated carbocycles. The second kappa shape index (κ2) is 4.86. The van der Waals surface area contributed by atoms with Gasteiger partial charge in [-0.25, -0.2) is 4.98 Å². The molecule has 1 aliphatic carbocycles. The van der Waals surface area contributed by atoms with Crippen LogP contribution in [0.1, 0.15) is 55.1 Å². The molecule has 3 nitrogen and oxygen atoms in total. The lowest BCUT2D eigenvalue weighted by molar-refractivity contribution is 0.108. The highest BCUT2D eigenvalue weighted by atomic mass is 32.1. The summed E-state index contributed by atoms with van der Waals surface area (Å²) in [6, 6.07) is 0. The van der Waals surface area contributed by atoms with Crippen molar-refractivity contribution in [3.63, 3.8) is 0 Å². The van der Waals surface area contributed by atoms with Crippen LogP contribution < -0.4 is 0 Å². The first-order valence-electron chi connectivity index (χ1n) is 6.54. The Morgan fingerprint density at radius 2 is 2.06 bits per heavy atom. The van der Waals surface area contributed by atoms with Crippen molar-refractivity contribution in [1.82, 2.24) is 9.97 Å². The number of aromatic nitrogens is 2.